The van der Waals surface area contributed by atoms with E-state index in [1.54, 1.807) is 0 Å². The van der Waals surface area contributed by atoms with E-state index >= 15 is 0 Å². The number of halogens is 1. The van der Waals surface area contributed by atoms with Crippen LogP contribution in [0.2, 0.25) is 0 Å². The van der Waals surface area contributed by atoms with E-state index in [0.717, 1.165) is 9.94 Å². The summed E-state index contributed by atoms with van der Waals surface area (Å²) < 4.78 is 0.966. The van der Waals surface area contributed by atoms with Gasteiger partial charge < -0.3 is 0 Å². The first-order valence-electron chi connectivity index (χ1n) is 2.72. The molecule has 0 atom stereocenters. The molecule has 0 amide bonds. The van der Waals surface area contributed by atoms with Crippen LogP contribution in [0.1, 0.15) is 5.56 Å². The van der Waals surface area contributed by atoms with Crippen LogP contribution in [0.4, 0.5) is 0 Å². The summed E-state index contributed by atoms with van der Waals surface area (Å²) >= 11 is 3.30. The van der Waals surface area contributed by atoms with Gasteiger partial charge in [0.05, 0.1) is 0 Å². The second kappa shape index (κ2) is 2.57. The molecule has 1 rings (SSSR count). The molecule has 0 heterocycles. The molecular weight excluding hydrogens is 175 g/mol. The Morgan fingerprint density at radius 3 is 2.56 bits per heavy atom. The van der Waals surface area contributed by atoms with Crippen LogP contribution in [0.15, 0.2) is 22.7 Å². The van der Waals surface area contributed by atoms with Crippen molar-refractivity contribution in [2.75, 3.05) is 0 Å². The largest absolute Gasteiger partial charge is 0.115 e. The van der Waals surface area contributed by atoms with Crippen LogP contribution in [0.5, 0.6) is 0 Å². The van der Waals surface area contributed by atoms with Gasteiger partial charge in [0.1, 0.15) is 7.85 Å². The first-order valence-corrected chi connectivity index (χ1v) is 3.51. The highest BCUT2D eigenvalue weighted by atomic mass is 79.9. The molecule has 0 N–H and O–H groups in total. The van der Waals surface area contributed by atoms with Crippen LogP contribution in [-0.4, -0.2) is 7.85 Å². The Morgan fingerprint density at radius 1 is 1.44 bits per heavy atom. The van der Waals surface area contributed by atoms with Crippen LogP contribution < -0.4 is 5.46 Å². The molecule has 0 aliphatic heterocycles. The molecule has 0 saturated heterocycles. The molecule has 0 bridgehead atoms. The standard InChI is InChI=1S/C7H6BBr/c1-5-2-3-7(9)6(8)4-5/h2-4H,1H3. The summed E-state index contributed by atoms with van der Waals surface area (Å²) in [6.07, 6.45) is 0. The zero-order chi connectivity index (χ0) is 6.85. The molecule has 0 unspecified atom stereocenters. The number of hydrogen-bond donors (Lipinski definition) is 0. The SMILES string of the molecule is [B]c1cc(C)ccc1Br. The van der Waals surface area contributed by atoms with Crippen molar-refractivity contribution in [3.05, 3.63) is 28.2 Å². The molecule has 44 valence electrons. The summed E-state index contributed by atoms with van der Waals surface area (Å²) in [5.74, 6) is 0. The van der Waals surface area contributed by atoms with E-state index in [2.05, 4.69) is 15.9 Å². The Hall–Kier alpha value is -0.235. The van der Waals surface area contributed by atoms with Gasteiger partial charge in [-0.2, -0.15) is 0 Å². The molecule has 9 heavy (non-hydrogen) atoms. The van der Waals surface area contributed by atoms with Crippen molar-refractivity contribution in [3.63, 3.8) is 0 Å². The molecule has 0 aliphatic rings. The van der Waals surface area contributed by atoms with Crippen molar-refractivity contribution in [3.8, 4) is 0 Å². The Morgan fingerprint density at radius 2 is 2.11 bits per heavy atom. The summed E-state index contributed by atoms with van der Waals surface area (Å²) in [5.41, 5.74) is 1.99. The lowest BCUT2D eigenvalue weighted by atomic mass is 9.95. The second-order valence-corrected chi connectivity index (χ2v) is 2.88. The van der Waals surface area contributed by atoms with Crippen molar-refractivity contribution < 1.29 is 0 Å². The maximum atomic E-state index is 5.57. The average Bonchev–Trinajstić information content (AvgIpc) is 1.80. The smallest absolute Gasteiger partial charge is 0.0825 e. The maximum Gasteiger partial charge on any atom is 0.115 e. The first-order chi connectivity index (χ1) is 4.20. The molecule has 0 fully saturated rings. The van der Waals surface area contributed by atoms with Crippen LogP contribution in [-0.2, 0) is 0 Å². The zero-order valence-corrected chi connectivity index (χ0v) is 6.77. The van der Waals surface area contributed by atoms with Gasteiger partial charge in [-0.3, -0.25) is 0 Å². The Labute approximate surface area is 64.8 Å². The van der Waals surface area contributed by atoms with Gasteiger partial charge >= 0.3 is 0 Å². The van der Waals surface area contributed by atoms with Gasteiger partial charge in [-0.15, -0.1) is 0 Å². The quantitative estimate of drug-likeness (QED) is 0.532. The minimum absolute atomic E-state index is 0.801. The zero-order valence-electron chi connectivity index (χ0n) is 5.19. The Bertz CT molecular complexity index is 220. The third-order valence-electron chi connectivity index (χ3n) is 1.15. The lowest BCUT2D eigenvalue weighted by molar-refractivity contribution is 1.48. The van der Waals surface area contributed by atoms with Gasteiger partial charge in [-0.1, -0.05) is 39.1 Å². The minimum atomic E-state index is 0.801. The molecule has 0 aliphatic carbocycles. The van der Waals surface area contributed by atoms with Crippen LogP contribution >= 0.6 is 15.9 Å². The van der Waals surface area contributed by atoms with Gasteiger partial charge in [-0.05, 0) is 13.0 Å². The molecule has 2 radical (unpaired) electrons. The van der Waals surface area contributed by atoms with Crippen molar-refractivity contribution in [2.24, 2.45) is 0 Å². The monoisotopic (exact) mass is 180 g/mol. The van der Waals surface area contributed by atoms with E-state index in [0.29, 0.717) is 0 Å². The first kappa shape index (κ1) is 6.88. The molecule has 1 aromatic rings. The summed E-state index contributed by atoms with van der Waals surface area (Å²) in [7, 11) is 5.57. The summed E-state index contributed by atoms with van der Waals surface area (Å²) in [4.78, 5) is 0. The fraction of sp³-hybridized carbons (Fsp3) is 0.143. The lowest BCUT2D eigenvalue weighted by Crippen LogP contribution is -2.03. The fourth-order valence-electron chi connectivity index (χ4n) is 0.663. The number of rotatable bonds is 0. The molecule has 1 aromatic carbocycles. The van der Waals surface area contributed by atoms with E-state index in [1.807, 2.05) is 25.1 Å². The van der Waals surface area contributed by atoms with E-state index in [-0.39, 0.29) is 0 Å². The predicted molar refractivity (Wildman–Crippen MR) is 44.3 cm³/mol. The highest BCUT2D eigenvalue weighted by molar-refractivity contribution is 9.10. The molecule has 0 nitrogen and oxygen atoms in total. The van der Waals surface area contributed by atoms with Crippen molar-refractivity contribution in [1.29, 1.82) is 0 Å². The van der Waals surface area contributed by atoms with Gasteiger partial charge in [0.15, 0.2) is 0 Å². The third-order valence-corrected chi connectivity index (χ3v) is 1.87. The summed E-state index contributed by atoms with van der Waals surface area (Å²) in [5, 5.41) is 0. The molecule has 0 spiro atoms. The van der Waals surface area contributed by atoms with Crippen molar-refractivity contribution in [2.45, 2.75) is 6.92 Å². The Balaban J connectivity index is 3.17. The number of benzene rings is 1. The summed E-state index contributed by atoms with van der Waals surface area (Å²) in [6, 6.07) is 5.90. The van der Waals surface area contributed by atoms with Crippen molar-refractivity contribution in [1.82, 2.24) is 0 Å². The number of aryl methyl sites for hydroxylation is 1. The maximum absolute atomic E-state index is 5.57. The third kappa shape index (κ3) is 1.58. The van der Waals surface area contributed by atoms with Crippen LogP contribution in [0.3, 0.4) is 0 Å². The molecule has 2 heteroatoms. The predicted octanol–water partition coefficient (Wildman–Crippen LogP) is 1.55. The van der Waals surface area contributed by atoms with E-state index in [1.165, 1.54) is 5.56 Å². The highest BCUT2D eigenvalue weighted by Crippen LogP contribution is 2.05. The highest BCUT2D eigenvalue weighted by Gasteiger charge is 1.90. The minimum Gasteiger partial charge on any atom is -0.0825 e. The van der Waals surface area contributed by atoms with E-state index in [4.69, 9.17) is 7.85 Å². The van der Waals surface area contributed by atoms with Crippen molar-refractivity contribution >= 4 is 29.2 Å². The second-order valence-electron chi connectivity index (χ2n) is 2.02. The molecule has 0 saturated carbocycles. The van der Waals surface area contributed by atoms with Gasteiger partial charge in [-0.25, -0.2) is 0 Å². The van der Waals surface area contributed by atoms with Gasteiger partial charge in [0, 0.05) is 4.47 Å². The fourth-order valence-corrected chi connectivity index (χ4v) is 0.910. The normalized spacial score (nSPS) is 9.56. The number of hydrogen-bond acceptors (Lipinski definition) is 0. The lowest BCUT2D eigenvalue weighted by Gasteiger charge is -1.97. The molecule has 0 aromatic heterocycles. The van der Waals surface area contributed by atoms with Gasteiger partial charge in [0.25, 0.3) is 0 Å². The molecular formula is C7H6BBr. The van der Waals surface area contributed by atoms with Crippen LogP contribution in [0.25, 0.3) is 0 Å². The van der Waals surface area contributed by atoms with Gasteiger partial charge in [0.2, 0.25) is 0 Å². The summed E-state index contributed by atoms with van der Waals surface area (Å²) in [6.45, 7) is 2.02. The Kier molecular flexibility index (Phi) is 1.96. The topological polar surface area (TPSA) is 0 Å². The van der Waals surface area contributed by atoms with Crippen LogP contribution in [0, 0.1) is 6.92 Å². The average molecular weight is 181 g/mol. The van der Waals surface area contributed by atoms with E-state index in [9.17, 15) is 0 Å². The van der Waals surface area contributed by atoms with E-state index < -0.39 is 0 Å².